The van der Waals surface area contributed by atoms with Crippen molar-refractivity contribution in [2.45, 2.75) is 59.3 Å². The standard InChI is InChI=1S/C18H37N3O/c1-5-7-11-19-13-9-15-21(18(22)17(3)4)16-10-14-20-12-8-6-2/h19-20H,3,5-16H2,1-2,4H3. The Bertz CT molecular complexity index is 276. The molecule has 0 bridgehead atoms. The van der Waals surface area contributed by atoms with Gasteiger partial charge >= 0.3 is 0 Å². The van der Waals surface area contributed by atoms with Gasteiger partial charge in [0.15, 0.2) is 0 Å². The number of hydrogen-bond donors (Lipinski definition) is 2. The second-order valence-electron chi connectivity index (χ2n) is 5.99. The number of nitrogens with one attached hydrogen (secondary N) is 2. The third-order valence-electron chi connectivity index (χ3n) is 3.63. The summed E-state index contributed by atoms with van der Waals surface area (Å²) in [5.41, 5.74) is 0.637. The topological polar surface area (TPSA) is 44.4 Å². The zero-order valence-corrected chi connectivity index (χ0v) is 15.0. The Balaban J connectivity index is 3.90. The summed E-state index contributed by atoms with van der Waals surface area (Å²) in [6.07, 6.45) is 6.89. The maximum atomic E-state index is 12.2. The quantitative estimate of drug-likeness (QED) is 0.361. The minimum Gasteiger partial charge on any atom is -0.339 e. The molecule has 0 saturated carbocycles. The van der Waals surface area contributed by atoms with Crippen molar-refractivity contribution in [3.05, 3.63) is 12.2 Å². The minimum absolute atomic E-state index is 0.0992. The molecule has 0 rings (SSSR count). The van der Waals surface area contributed by atoms with Crippen LogP contribution in [0.2, 0.25) is 0 Å². The van der Waals surface area contributed by atoms with Crippen LogP contribution in [0.4, 0.5) is 0 Å². The van der Waals surface area contributed by atoms with Gasteiger partial charge in [-0.05, 0) is 58.8 Å². The molecule has 4 nitrogen and oxygen atoms in total. The molecule has 0 aliphatic rings. The van der Waals surface area contributed by atoms with Crippen molar-refractivity contribution in [1.29, 1.82) is 0 Å². The van der Waals surface area contributed by atoms with Crippen LogP contribution in [-0.2, 0) is 4.79 Å². The Morgan fingerprint density at radius 2 is 1.27 bits per heavy atom. The van der Waals surface area contributed by atoms with Gasteiger partial charge in [0.2, 0.25) is 5.91 Å². The SMILES string of the molecule is C=C(C)C(=O)N(CCCNCCCC)CCCNCCCC. The highest BCUT2D eigenvalue weighted by molar-refractivity contribution is 5.92. The molecular weight excluding hydrogens is 274 g/mol. The summed E-state index contributed by atoms with van der Waals surface area (Å²) in [6.45, 7) is 15.7. The highest BCUT2D eigenvalue weighted by Crippen LogP contribution is 2.02. The second-order valence-corrected chi connectivity index (χ2v) is 5.99. The molecule has 0 atom stereocenters. The summed E-state index contributed by atoms with van der Waals surface area (Å²) >= 11 is 0. The molecule has 0 heterocycles. The largest absolute Gasteiger partial charge is 0.339 e. The fourth-order valence-electron chi connectivity index (χ4n) is 2.23. The molecule has 0 aromatic heterocycles. The molecule has 0 saturated heterocycles. The number of carbonyl (C=O) groups excluding carboxylic acids is 1. The van der Waals surface area contributed by atoms with Crippen LogP contribution >= 0.6 is 0 Å². The van der Waals surface area contributed by atoms with Crippen LogP contribution in [0.1, 0.15) is 59.3 Å². The molecular formula is C18H37N3O. The molecule has 0 spiro atoms. The van der Waals surface area contributed by atoms with Crippen molar-refractivity contribution in [1.82, 2.24) is 15.5 Å². The van der Waals surface area contributed by atoms with Crippen molar-refractivity contribution >= 4 is 5.91 Å². The lowest BCUT2D eigenvalue weighted by Gasteiger charge is -2.23. The Hall–Kier alpha value is -0.870. The van der Waals surface area contributed by atoms with Gasteiger partial charge in [0, 0.05) is 18.7 Å². The average Bonchev–Trinajstić information content (AvgIpc) is 2.51. The van der Waals surface area contributed by atoms with E-state index in [1.807, 2.05) is 4.90 Å². The number of unbranched alkanes of at least 4 members (excludes halogenated alkanes) is 2. The van der Waals surface area contributed by atoms with E-state index in [0.29, 0.717) is 5.57 Å². The smallest absolute Gasteiger partial charge is 0.248 e. The molecule has 0 fully saturated rings. The summed E-state index contributed by atoms with van der Waals surface area (Å²) in [7, 11) is 0. The van der Waals surface area contributed by atoms with E-state index in [1.165, 1.54) is 25.7 Å². The molecule has 0 unspecified atom stereocenters. The Morgan fingerprint density at radius 3 is 1.64 bits per heavy atom. The number of rotatable bonds is 15. The summed E-state index contributed by atoms with van der Waals surface area (Å²) in [5.74, 6) is 0.0992. The van der Waals surface area contributed by atoms with E-state index in [-0.39, 0.29) is 5.91 Å². The lowest BCUT2D eigenvalue weighted by Crippen LogP contribution is -2.36. The fraction of sp³-hybridized carbons (Fsp3) is 0.833. The molecule has 4 heteroatoms. The summed E-state index contributed by atoms with van der Waals surface area (Å²) < 4.78 is 0. The van der Waals surface area contributed by atoms with Gasteiger partial charge in [-0.1, -0.05) is 33.3 Å². The van der Waals surface area contributed by atoms with Gasteiger partial charge in [-0.25, -0.2) is 0 Å². The van der Waals surface area contributed by atoms with Crippen molar-refractivity contribution in [3.8, 4) is 0 Å². The molecule has 0 aliphatic heterocycles. The highest BCUT2D eigenvalue weighted by Gasteiger charge is 2.12. The first-order chi connectivity index (χ1) is 10.6. The van der Waals surface area contributed by atoms with Crippen molar-refractivity contribution < 1.29 is 4.79 Å². The van der Waals surface area contributed by atoms with Crippen LogP contribution in [0.3, 0.4) is 0 Å². The van der Waals surface area contributed by atoms with Gasteiger partial charge in [0.25, 0.3) is 0 Å². The number of hydrogen-bond acceptors (Lipinski definition) is 3. The van der Waals surface area contributed by atoms with Gasteiger partial charge in [-0.15, -0.1) is 0 Å². The Kier molecular flexibility index (Phi) is 14.4. The van der Waals surface area contributed by atoms with Crippen molar-refractivity contribution in [3.63, 3.8) is 0 Å². The van der Waals surface area contributed by atoms with E-state index in [0.717, 1.165) is 52.1 Å². The average molecular weight is 312 g/mol. The van der Waals surface area contributed by atoms with Crippen molar-refractivity contribution in [2.24, 2.45) is 0 Å². The first kappa shape index (κ1) is 21.1. The lowest BCUT2D eigenvalue weighted by molar-refractivity contribution is -0.127. The van der Waals surface area contributed by atoms with Crippen LogP contribution in [0, 0.1) is 0 Å². The van der Waals surface area contributed by atoms with Crippen molar-refractivity contribution in [2.75, 3.05) is 39.3 Å². The summed E-state index contributed by atoms with van der Waals surface area (Å²) in [4.78, 5) is 14.1. The molecule has 2 N–H and O–H groups in total. The number of amides is 1. The van der Waals surface area contributed by atoms with E-state index < -0.39 is 0 Å². The summed E-state index contributed by atoms with van der Waals surface area (Å²) in [5, 5.41) is 6.86. The monoisotopic (exact) mass is 311 g/mol. The second kappa shape index (κ2) is 15.0. The molecule has 0 aromatic rings. The Labute approximate surface area is 137 Å². The van der Waals surface area contributed by atoms with E-state index >= 15 is 0 Å². The predicted molar refractivity (Wildman–Crippen MR) is 96.2 cm³/mol. The van der Waals surface area contributed by atoms with Crippen LogP contribution in [0.15, 0.2) is 12.2 Å². The molecule has 1 amide bonds. The van der Waals surface area contributed by atoms with Crippen LogP contribution in [0.5, 0.6) is 0 Å². The summed E-state index contributed by atoms with van der Waals surface area (Å²) in [6, 6.07) is 0. The highest BCUT2D eigenvalue weighted by atomic mass is 16.2. The third kappa shape index (κ3) is 11.8. The molecule has 22 heavy (non-hydrogen) atoms. The zero-order chi connectivity index (χ0) is 16.6. The van der Waals surface area contributed by atoms with Gasteiger partial charge in [0.1, 0.15) is 0 Å². The first-order valence-electron chi connectivity index (χ1n) is 8.99. The van der Waals surface area contributed by atoms with E-state index in [4.69, 9.17) is 0 Å². The van der Waals surface area contributed by atoms with E-state index in [2.05, 4.69) is 31.1 Å². The molecule has 130 valence electrons. The first-order valence-corrected chi connectivity index (χ1v) is 8.99. The third-order valence-corrected chi connectivity index (χ3v) is 3.63. The molecule has 0 aromatic carbocycles. The van der Waals surface area contributed by atoms with Gasteiger partial charge in [-0.3, -0.25) is 4.79 Å². The maximum Gasteiger partial charge on any atom is 0.248 e. The van der Waals surface area contributed by atoms with Gasteiger partial charge in [-0.2, -0.15) is 0 Å². The normalized spacial score (nSPS) is 10.7. The molecule has 0 aliphatic carbocycles. The lowest BCUT2D eigenvalue weighted by atomic mass is 10.2. The zero-order valence-electron chi connectivity index (χ0n) is 15.0. The maximum absolute atomic E-state index is 12.2. The Morgan fingerprint density at radius 1 is 0.864 bits per heavy atom. The van der Waals surface area contributed by atoms with Crippen LogP contribution in [-0.4, -0.2) is 50.1 Å². The fourth-order valence-corrected chi connectivity index (χ4v) is 2.23. The molecule has 0 radical (unpaired) electrons. The van der Waals surface area contributed by atoms with Gasteiger partial charge in [0.05, 0.1) is 0 Å². The number of carbonyl (C=O) groups is 1. The van der Waals surface area contributed by atoms with E-state index in [9.17, 15) is 4.79 Å². The van der Waals surface area contributed by atoms with Crippen LogP contribution in [0.25, 0.3) is 0 Å². The predicted octanol–water partition coefficient (Wildman–Crippen LogP) is 2.95. The minimum atomic E-state index is 0.0992. The van der Waals surface area contributed by atoms with E-state index in [1.54, 1.807) is 6.92 Å². The van der Waals surface area contributed by atoms with Gasteiger partial charge < -0.3 is 15.5 Å². The van der Waals surface area contributed by atoms with Crippen LogP contribution < -0.4 is 10.6 Å². The number of nitrogens with zero attached hydrogens (tertiary/aromatic N) is 1.